The van der Waals surface area contributed by atoms with E-state index < -0.39 is 35.0 Å². The van der Waals surface area contributed by atoms with Crippen LogP contribution in [0, 0.1) is 0 Å². The fraction of sp³-hybridized carbons (Fsp3) is 0.545. The Hall–Kier alpha value is -1.79. The van der Waals surface area contributed by atoms with E-state index in [4.69, 9.17) is 15.2 Å². The number of nitrogen functional groups attached to an aromatic ring is 1. The molecule has 10 nitrogen and oxygen atoms in total. The van der Waals surface area contributed by atoms with Crippen LogP contribution < -0.4 is 16.2 Å². The van der Waals surface area contributed by atoms with E-state index in [2.05, 4.69) is 9.97 Å². The first-order chi connectivity index (χ1) is 10.5. The number of thiazole rings is 1. The van der Waals surface area contributed by atoms with Crippen LogP contribution in [0.1, 0.15) is 6.23 Å². The Bertz CT molecular complexity index is 813. The number of aromatic amines is 1. The molecule has 1 fully saturated rings. The van der Waals surface area contributed by atoms with Crippen LogP contribution in [-0.4, -0.2) is 56.8 Å². The third-order valence-corrected chi connectivity index (χ3v) is 4.45. The number of aliphatic hydroxyl groups excluding tert-OH is 2. The van der Waals surface area contributed by atoms with Crippen LogP contribution in [0.15, 0.2) is 9.59 Å². The van der Waals surface area contributed by atoms with Crippen LogP contribution in [0.2, 0.25) is 0 Å². The number of ether oxygens (including phenoxy) is 2. The highest BCUT2D eigenvalue weighted by Gasteiger charge is 2.46. The van der Waals surface area contributed by atoms with Gasteiger partial charge in [-0.3, -0.25) is 19.1 Å². The molecule has 5 N–H and O–H groups in total. The number of hydrogen-bond acceptors (Lipinski definition) is 9. The van der Waals surface area contributed by atoms with E-state index in [1.807, 2.05) is 0 Å². The van der Waals surface area contributed by atoms with Crippen molar-refractivity contribution < 1.29 is 19.7 Å². The number of nitrogens with two attached hydrogens (primary N) is 1. The van der Waals surface area contributed by atoms with Crippen LogP contribution in [0.3, 0.4) is 0 Å². The molecular formula is C11H14N4O6S. The number of aliphatic hydroxyl groups is 2. The molecule has 1 aliphatic rings. The van der Waals surface area contributed by atoms with Crippen LogP contribution >= 0.6 is 11.3 Å². The first-order valence-electron chi connectivity index (χ1n) is 6.36. The number of rotatable bonds is 3. The normalized spacial score (nSPS) is 28.5. The van der Waals surface area contributed by atoms with Crippen molar-refractivity contribution in [3.05, 3.63) is 20.0 Å². The zero-order valence-corrected chi connectivity index (χ0v) is 12.2. The highest BCUT2D eigenvalue weighted by Crippen LogP contribution is 2.32. The Morgan fingerprint density at radius 3 is 2.86 bits per heavy atom. The summed E-state index contributed by atoms with van der Waals surface area (Å²) >= 11 is 0.672. The van der Waals surface area contributed by atoms with Crippen molar-refractivity contribution in [2.45, 2.75) is 24.5 Å². The summed E-state index contributed by atoms with van der Waals surface area (Å²) < 4.78 is 11.7. The molecule has 3 rings (SSSR count). The fourth-order valence-corrected chi connectivity index (χ4v) is 3.38. The lowest BCUT2D eigenvalue weighted by atomic mass is 10.1. The first-order valence-corrected chi connectivity index (χ1v) is 7.17. The van der Waals surface area contributed by atoms with E-state index in [0.717, 1.165) is 4.57 Å². The fourth-order valence-electron chi connectivity index (χ4n) is 2.54. The third kappa shape index (κ3) is 2.14. The Morgan fingerprint density at radius 2 is 2.27 bits per heavy atom. The number of nitrogens with zero attached hydrogens (tertiary/aromatic N) is 2. The Balaban J connectivity index is 2.17. The predicted molar refractivity (Wildman–Crippen MR) is 76.7 cm³/mol. The van der Waals surface area contributed by atoms with E-state index in [0.29, 0.717) is 11.3 Å². The summed E-state index contributed by atoms with van der Waals surface area (Å²) in [5.41, 5.74) is 4.98. The molecule has 1 aliphatic heterocycles. The summed E-state index contributed by atoms with van der Waals surface area (Å²) in [6.07, 6.45) is -3.95. The second-order valence-corrected chi connectivity index (χ2v) is 5.74. The third-order valence-electron chi connectivity index (χ3n) is 3.51. The maximum atomic E-state index is 12.2. The molecule has 0 spiro atoms. The SMILES string of the molecule is CO[C@H]1[C@@H](O)[C@H](n2c(=O)sc3c(=O)[nH]c(N)nc32)O[C@@H]1CO. The van der Waals surface area contributed by atoms with Crippen molar-refractivity contribution in [3.63, 3.8) is 0 Å². The second kappa shape index (κ2) is 5.44. The lowest BCUT2D eigenvalue weighted by Crippen LogP contribution is -2.36. The van der Waals surface area contributed by atoms with Crippen molar-refractivity contribution >= 4 is 27.6 Å². The zero-order valence-electron chi connectivity index (χ0n) is 11.4. The van der Waals surface area contributed by atoms with Gasteiger partial charge in [0.25, 0.3) is 5.56 Å². The van der Waals surface area contributed by atoms with Crippen LogP contribution in [0.25, 0.3) is 10.3 Å². The van der Waals surface area contributed by atoms with Gasteiger partial charge in [0.2, 0.25) is 5.95 Å². The number of anilines is 1. The van der Waals surface area contributed by atoms with E-state index in [1.165, 1.54) is 7.11 Å². The summed E-state index contributed by atoms with van der Waals surface area (Å²) in [5, 5.41) is 19.6. The molecule has 0 radical (unpaired) electrons. The monoisotopic (exact) mass is 330 g/mol. The van der Waals surface area contributed by atoms with Crippen LogP contribution in [0.5, 0.6) is 0 Å². The van der Waals surface area contributed by atoms with Gasteiger partial charge in [0.05, 0.1) is 6.61 Å². The summed E-state index contributed by atoms with van der Waals surface area (Å²) in [7, 11) is 1.36. The quantitative estimate of drug-likeness (QED) is 0.504. The second-order valence-electron chi connectivity index (χ2n) is 4.78. The van der Waals surface area contributed by atoms with Gasteiger partial charge in [0, 0.05) is 7.11 Å². The molecule has 4 atom stereocenters. The van der Waals surface area contributed by atoms with Crippen molar-refractivity contribution in [1.29, 1.82) is 0 Å². The van der Waals surface area contributed by atoms with Gasteiger partial charge in [0.15, 0.2) is 11.9 Å². The van der Waals surface area contributed by atoms with E-state index in [1.54, 1.807) is 0 Å². The molecular weight excluding hydrogens is 316 g/mol. The Morgan fingerprint density at radius 1 is 1.55 bits per heavy atom. The lowest BCUT2D eigenvalue weighted by Gasteiger charge is -2.17. The first kappa shape index (κ1) is 15.1. The number of H-pyrrole nitrogens is 1. The molecule has 0 unspecified atom stereocenters. The number of fused-ring (bicyclic) bond motifs is 1. The highest BCUT2D eigenvalue weighted by atomic mass is 32.1. The molecule has 1 saturated heterocycles. The van der Waals surface area contributed by atoms with E-state index in [-0.39, 0.29) is 22.9 Å². The molecule has 0 amide bonds. The largest absolute Gasteiger partial charge is 0.394 e. The van der Waals surface area contributed by atoms with Gasteiger partial charge in [-0.25, -0.2) is 0 Å². The van der Waals surface area contributed by atoms with Gasteiger partial charge >= 0.3 is 4.87 Å². The van der Waals surface area contributed by atoms with Gasteiger partial charge in [-0.1, -0.05) is 11.3 Å². The summed E-state index contributed by atoms with van der Waals surface area (Å²) in [6.45, 7) is -0.390. The van der Waals surface area contributed by atoms with Crippen molar-refractivity contribution in [2.24, 2.45) is 0 Å². The minimum Gasteiger partial charge on any atom is -0.394 e. The van der Waals surface area contributed by atoms with E-state index in [9.17, 15) is 19.8 Å². The molecule has 2 aromatic rings. The van der Waals surface area contributed by atoms with Gasteiger partial charge in [-0.2, -0.15) is 4.98 Å². The zero-order chi connectivity index (χ0) is 16.0. The van der Waals surface area contributed by atoms with Crippen LogP contribution in [-0.2, 0) is 9.47 Å². The molecule has 0 saturated carbocycles. The number of hydrogen-bond donors (Lipinski definition) is 4. The molecule has 22 heavy (non-hydrogen) atoms. The molecule has 11 heteroatoms. The average Bonchev–Trinajstić information content (AvgIpc) is 2.95. The topological polar surface area (TPSA) is 153 Å². The smallest absolute Gasteiger partial charge is 0.311 e. The van der Waals surface area contributed by atoms with E-state index >= 15 is 0 Å². The van der Waals surface area contributed by atoms with Crippen molar-refractivity contribution in [3.8, 4) is 0 Å². The summed E-state index contributed by atoms with van der Waals surface area (Å²) in [5.74, 6) is -0.154. The molecule has 3 heterocycles. The number of methoxy groups -OCH3 is 1. The van der Waals surface area contributed by atoms with Gasteiger partial charge in [-0.05, 0) is 0 Å². The molecule has 120 valence electrons. The minimum absolute atomic E-state index is 0.0220. The van der Waals surface area contributed by atoms with Gasteiger partial charge in [-0.15, -0.1) is 0 Å². The molecule has 0 aromatic carbocycles. The predicted octanol–water partition coefficient (Wildman–Crippen LogP) is -2.01. The Kier molecular flexibility index (Phi) is 3.74. The molecule has 0 aliphatic carbocycles. The maximum Gasteiger partial charge on any atom is 0.311 e. The number of nitrogens with one attached hydrogen (secondary N) is 1. The Labute approximate surface area is 126 Å². The molecule has 0 bridgehead atoms. The van der Waals surface area contributed by atoms with Crippen molar-refractivity contribution in [1.82, 2.24) is 14.5 Å². The minimum atomic E-state index is -1.21. The molecule has 2 aromatic heterocycles. The highest BCUT2D eigenvalue weighted by molar-refractivity contribution is 7.16. The van der Waals surface area contributed by atoms with Gasteiger partial charge in [0.1, 0.15) is 23.0 Å². The van der Waals surface area contributed by atoms with Crippen molar-refractivity contribution in [2.75, 3.05) is 19.5 Å². The number of aromatic nitrogens is 3. The summed E-state index contributed by atoms with van der Waals surface area (Å²) in [4.78, 5) is 29.7. The average molecular weight is 330 g/mol. The lowest BCUT2D eigenvalue weighted by molar-refractivity contribution is -0.0542. The summed E-state index contributed by atoms with van der Waals surface area (Å²) in [6, 6.07) is 0. The van der Waals surface area contributed by atoms with Gasteiger partial charge < -0.3 is 25.4 Å². The van der Waals surface area contributed by atoms with Crippen LogP contribution in [0.4, 0.5) is 5.95 Å². The maximum absolute atomic E-state index is 12.2. The standard InChI is InChI=1S/C11H14N4O6S/c1-20-5-3(2-16)21-9(4(5)17)15-7-6(22-11(15)19)8(18)14-10(12)13-7/h3-5,9,16-17H,2H2,1H3,(H3,12,13,14,18)/t3-,4-,5-,9-/m1/s1.